The van der Waals surface area contributed by atoms with Gasteiger partial charge in [-0.3, -0.25) is 4.79 Å². The lowest BCUT2D eigenvalue weighted by Gasteiger charge is -2.24. The van der Waals surface area contributed by atoms with E-state index < -0.39 is 0 Å². The van der Waals surface area contributed by atoms with Gasteiger partial charge < -0.3 is 9.47 Å². The number of carbonyl (C=O) groups is 1. The molecule has 0 saturated carbocycles. The van der Waals surface area contributed by atoms with E-state index in [4.69, 9.17) is 9.47 Å². The Morgan fingerprint density at radius 2 is 2.12 bits per heavy atom. The molecule has 0 spiro atoms. The highest BCUT2D eigenvalue weighted by Gasteiger charge is 2.23. The second-order valence-electron chi connectivity index (χ2n) is 4.12. The van der Waals surface area contributed by atoms with Crippen molar-refractivity contribution >= 4 is 11.5 Å². The largest absolute Gasteiger partial charge is 0.497 e. The average molecular weight is 232 g/mol. The number of carbonyl (C=O) groups excluding carboxylic acids is 1. The Balaban J connectivity index is 2.10. The van der Waals surface area contributed by atoms with Crippen molar-refractivity contribution in [1.82, 2.24) is 0 Å². The van der Waals surface area contributed by atoms with Gasteiger partial charge in [0.1, 0.15) is 11.9 Å². The SMILES string of the molecule is C=C(c1ccc(OC)cc1)C1CCCC(=O)O1. The Labute approximate surface area is 101 Å². The number of benzene rings is 1. The topological polar surface area (TPSA) is 35.5 Å². The minimum atomic E-state index is -0.176. The number of cyclic esters (lactones) is 1. The number of esters is 1. The third kappa shape index (κ3) is 2.67. The summed E-state index contributed by atoms with van der Waals surface area (Å²) in [5.41, 5.74) is 1.85. The standard InChI is InChI=1S/C14H16O3/c1-10(13-4-3-5-14(15)17-13)11-6-8-12(16-2)9-7-11/h6-9,13H,1,3-5H2,2H3. The van der Waals surface area contributed by atoms with Gasteiger partial charge >= 0.3 is 5.97 Å². The third-order valence-corrected chi connectivity index (χ3v) is 2.97. The van der Waals surface area contributed by atoms with Crippen LogP contribution >= 0.6 is 0 Å². The lowest BCUT2D eigenvalue weighted by molar-refractivity contribution is -0.150. The minimum absolute atomic E-state index is 0.129. The van der Waals surface area contributed by atoms with E-state index in [0.29, 0.717) is 6.42 Å². The van der Waals surface area contributed by atoms with Crippen molar-refractivity contribution in [3.05, 3.63) is 36.4 Å². The summed E-state index contributed by atoms with van der Waals surface area (Å²) in [4.78, 5) is 11.2. The summed E-state index contributed by atoms with van der Waals surface area (Å²) in [5, 5.41) is 0. The average Bonchev–Trinajstić information content (AvgIpc) is 2.38. The van der Waals surface area contributed by atoms with Crippen molar-refractivity contribution in [2.75, 3.05) is 7.11 Å². The van der Waals surface area contributed by atoms with Crippen molar-refractivity contribution in [2.24, 2.45) is 0 Å². The quantitative estimate of drug-likeness (QED) is 0.752. The molecular weight excluding hydrogens is 216 g/mol. The van der Waals surface area contributed by atoms with E-state index in [1.165, 1.54) is 0 Å². The zero-order valence-corrected chi connectivity index (χ0v) is 9.94. The van der Waals surface area contributed by atoms with E-state index in [2.05, 4.69) is 6.58 Å². The molecule has 3 nitrogen and oxygen atoms in total. The molecule has 0 amide bonds. The molecule has 0 N–H and O–H groups in total. The molecule has 1 aliphatic heterocycles. The molecule has 1 atom stereocenters. The molecule has 1 aromatic rings. The molecule has 1 aromatic carbocycles. The Hall–Kier alpha value is -1.77. The maximum absolute atomic E-state index is 11.2. The number of rotatable bonds is 3. The van der Waals surface area contributed by atoms with Crippen LogP contribution in [0.2, 0.25) is 0 Å². The zero-order chi connectivity index (χ0) is 12.3. The summed E-state index contributed by atoms with van der Waals surface area (Å²) in [6.07, 6.45) is 2.08. The van der Waals surface area contributed by atoms with Crippen molar-refractivity contribution in [1.29, 1.82) is 0 Å². The third-order valence-electron chi connectivity index (χ3n) is 2.97. The van der Waals surface area contributed by atoms with Crippen LogP contribution < -0.4 is 4.74 Å². The second-order valence-corrected chi connectivity index (χ2v) is 4.12. The Morgan fingerprint density at radius 1 is 1.41 bits per heavy atom. The number of ether oxygens (including phenoxy) is 2. The normalized spacial score (nSPS) is 19.6. The van der Waals surface area contributed by atoms with E-state index in [0.717, 1.165) is 29.7 Å². The summed E-state index contributed by atoms with van der Waals surface area (Å²) in [5.74, 6) is 0.679. The van der Waals surface area contributed by atoms with Gasteiger partial charge in [0.2, 0.25) is 0 Å². The number of methoxy groups -OCH3 is 1. The molecule has 90 valence electrons. The van der Waals surface area contributed by atoms with E-state index in [-0.39, 0.29) is 12.1 Å². The fourth-order valence-corrected chi connectivity index (χ4v) is 1.94. The van der Waals surface area contributed by atoms with Crippen LogP contribution in [0.5, 0.6) is 5.75 Å². The second kappa shape index (κ2) is 5.04. The van der Waals surface area contributed by atoms with Crippen LogP contribution in [0.25, 0.3) is 5.57 Å². The first-order valence-corrected chi connectivity index (χ1v) is 5.73. The minimum Gasteiger partial charge on any atom is -0.497 e. The Morgan fingerprint density at radius 3 is 2.71 bits per heavy atom. The number of hydrogen-bond acceptors (Lipinski definition) is 3. The molecule has 3 heteroatoms. The van der Waals surface area contributed by atoms with Crippen molar-refractivity contribution in [3.63, 3.8) is 0 Å². The first kappa shape index (κ1) is 11.7. The Kier molecular flexibility index (Phi) is 3.47. The van der Waals surface area contributed by atoms with Crippen LogP contribution in [0.4, 0.5) is 0 Å². The van der Waals surface area contributed by atoms with Crippen LogP contribution in [0.1, 0.15) is 24.8 Å². The van der Waals surface area contributed by atoms with Gasteiger partial charge in [0.25, 0.3) is 0 Å². The molecule has 1 fully saturated rings. The molecule has 1 aliphatic rings. The molecule has 0 bridgehead atoms. The monoisotopic (exact) mass is 232 g/mol. The van der Waals surface area contributed by atoms with Gasteiger partial charge in [0, 0.05) is 6.42 Å². The summed E-state index contributed by atoms with van der Waals surface area (Å²) in [6, 6.07) is 7.63. The smallest absolute Gasteiger partial charge is 0.306 e. The van der Waals surface area contributed by atoms with Crippen LogP contribution in [0.3, 0.4) is 0 Å². The van der Waals surface area contributed by atoms with Gasteiger partial charge in [-0.15, -0.1) is 0 Å². The first-order chi connectivity index (χ1) is 8.20. The van der Waals surface area contributed by atoms with E-state index in [9.17, 15) is 4.79 Å². The van der Waals surface area contributed by atoms with Gasteiger partial charge in [-0.1, -0.05) is 18.7 Å². The lowest BCUT2D eigenvalue weighted by Crippen LogP contribution is -2.24. The Bertz CT molecular complexity index is 420. The summed E-state index contributed by atoms with van der Waals surface area (Å²) in [6.45, 7) is 4.02. The van der Waals surface area contributed by atoms with Crippen molar-refractivity contribution in [2.45, 2.75) is 25.4 Å². The molecule has 0 aromatic heterocycles. The maximum Gasteiger partial charge on any atom is 0.306 e. The summed E-state index contributed by atoms with van der Waals surface area (Å²) >= 11 is 0. The van der Waals surface area contributed by atoms with Gasteiger partial charge in [-0.2, -0.15) is 0 Å². The van der Waals surface area contributed by atoms with Crippen molar-refractivity contribution in [3.8, 4) is 5.75 Å². The van der Waals surface area contributed by atoms with Gasteiger partial charge in [-0.05, 0) is 36.1 Å². The summed E-state index contributed by atoms with van der Waals surface area (Å²) in [7, 11) is 1.63. The molecule has 17 heavy (non-hydrogen) atoms. The molecule has 1 unspecified atom stereocenters. The fourth-order valence-electron chi connectivity index (χ4n) is 1.94. The fraction of sp³-hybridized carbons (Fsp3) is 0.357. The summed E-state index contributed by atoms with van der Waals surface area (Å²) < 4.78 is 10.4. The van der Waals surface area contributed by atoms with Crippen LogP contribution in [0, 0.1) is 0 Å². The predicted octanol–water partition coefficient (Wildman–Crippen LogP) is 2.80. The predicted molar refractivity (Wildman–Crippen MR) is 65.8 cm³/mol. The van der Waals surface area contributed by atoms with Gasteiger partial charge in [0.15, 0.2) is 0 Å². The van der Waals surface area contributed by atoms with Crippen LogP contribution in [-0.4, -0.2) is 19.2 Å². The van der Waals surface area contributed by atoms with Gasteiger partial charge in [0.05, 0.1) is 7.11 Å². The molecule has 1 heterocycles. The highest BCUT2D eigenvalue weighted by Crippen LogP contribution is 2.27. The molecular formula is C14H16O3. The van der Waals surface area contributed by atoms with E-state index >= 15 is 0 Å². The highest BCUT2D eigenvalue weighted by molar-refractivity contribution is 5.75. The van der Waals surface area contributed by atoms with Crippen LogP contribution in [0.15, 0.2) is 30.8 Å². The molecule has 0 radical (unpaired) electrons. The molecule has 0 aliphatic carbocycles. The highest BCUT2D eigenvalue weighted by atomic mass is 16.5. The zero-order valence-electron chi connectivity index (χ0n) is 9.94. The first-order valence-electron chi connectivity index (χ1n) is 5.73. The van der Waals surface area contributed by atoms with E-state index in [1.54, 1.807) is 7.11 Å². The molecule has 2 rings (SSSR count). The molecule has 1 saturated heterocycles. The maximum atomic E-state index is 11.2. The lowest BCUT2D eigenvalue weighted by atomic mass is 9.96. The van der Waals surface area contributed by atoms with Crippen molar-refractivity contribution < 1.29 is 14.3 Å². The van der Waals surface area contributed by atoms with Crippen LogP contribution in [-0.2, 0) is 9.53 Å². The number of hydrogen-bond donors (Lipinski definition) is 0. The van der Waals surface area contributed by atoms with E-state index in [1.807, 2.05) is 24.3 Å². The van der Waals surface area contributed by atoms with Gasteiger partial charge in [-0.25, -0.2) is 0 Å².